The number of ether oxygens (including phenoxy) is 1. The van der Waals surface area contributed by atoms with Crippen molar-refractivity contribution in [1.29, 1.82) is 0 Å². The predicted octanol–water partition coefficient (Wildman–Crippen LogP) is 4.99. The number of sulfonamides is 1. The van der Waals surface area contributed by atoms with E-state index in [4.69, 9.17) is 4.74 Å². The fourth-order valence-corrected chi connectivity index (χ4v) is 3.79. The van der Waals surface area contributed by atoms with Crippen molar-refractivity contribution in [3.8, 4) is 5.75 Å². The zero-order valence-corrected chi connectivity index (χ0v) is 17.6. The van der Waals surface area contributed by atoms with Gasteiger partial charge in [-0.2, -0.15) is 13.2 Å². The Balaban J connectivity index is 1.78. The summed E-state index contributed by atoms with van der Waals surface area (Å²) in [7, 11) is -3.97. The Hall–Kier alpha value is -3.53. The Labute approximate surface area is 183 Å². The molecule has 168 valence electrons. The zero-order valence-electron chi connectivity index (χ0n) is 16.8. The Morgan fingerprint density at radius 3 is 2.34 bits per heavy atom. The molecule has 1 amide bonds. The Morgan fingerprint density at radius 2 is 1.66 bits per heavy atom. The lowest BCUT2D eigenvalue weighted by Crippen LogP contribution is -2.20. The maximum absolute atomic E-state index is 12.7. The third-order valence-electron chi connectivity index (χ3n) is 4.24. The monoisotopic (exact) mass is 464 g/mol. The number of halogens is 3. The molecule has 0 atom stereocenters. The van der Waals surface area contributed by atoms with Crippen LogP contribution in [0.25, 0.3) is 0 Å². The van der Waals surface area contributed by atoms with E-state index in [0.717, 1.165) is 5.56 Å². The number of para-hydroxylation sites is 2. The normalized spacial score (nSPS) is 11.6. The molecule has 0 spiro atoms. The molecule has 2 N–H and O–H groups in total. The van der Waals surface area contributed by atoms with Gasteiger partial charge in [-0.25, -0.2) is 8.42 Å². The summed E-state index contributed by atoms with van der Waals surface area (Å²) in [6.07, 6.45) is -4.54. The molecule has 0 fully saturated rings. The van der Waals surface area contributed by atoms with Crippen molar-refractivity contribution in [2.24, 2.45) is 0 Å². The van der Waals surface area contributed by atoms with Crippen molar-refractivity contribution < 1.29 is 31.1 Å². The molecular weight excluding hydrogens is 445 g/mol. The fourth-order valence-electron chi connectivity index (χ4n) is 2.69. The minimum Gasteiger partial charge on any atom is -0.482 e. The zero-order chi connectivity index (χ0) is 23.4. The highest BCUT2D eigenvalue weighted by Gasteiger charge is 2.29. The summed E-state index contributed by atoms with van der Waals surface area (Å²) in [5.41, 5.74) is 1.35. The topological polar surface area (TPSA) is 84.5 Å². The number of hydrogen-bond donors (Lipinski definition) is 2. The van der Waals surface area contributed by atoms with Gasteiger partial charge in [-0.05, 0) is 49.4 Å². The molecule has 0 saturated heterocycles. The van der Waals surface area contributed by atoms with Crippen LogP contribution >= 0.6 is 0 Å². The Kier molecular flexibility index (Phi) is 6.73. The molecule has 6 nitrogen and oxygen atoms in total. The number of amides is 1. The van der Waals surface area contributed by atoms with Gasteiger partial charge < -0.3 is 10.1 Å². The molecule has 0 heterocycles. The van der Waals surface area contributed by atoms with Crippen molar-refractivity contribution in [3.05, 3.63) is 83.9 Å². The first-order valence-corrected chi connectivity index (χ1v) is 10.8. The minimum absolute atomic E-state index is 0.00223. The molecule has 0 aliphatic rings. The highest BCUT2D eigenvalue weighted by atomic mass is 32.2. The highest BCUT2D eigenvalue weighted by Crippen LogP contribution is 2.27. The standard InChI is InChI=1S/C22H19F3N2O4S/c1-15-9-11-17(12-10-15)27-32(29,30)18-6-4-5-16(13-18)21(28)26-19-7-2-3-8-20(19)31-14-22(23,24)25/h2-13,27H,14H2,1H3,(H,26,28). The van der Waals surface area contributed by atoms with Gasteiger partial charge in [0, 0.05) is 11.3 Å². The van der Waals surface area contributed by atoms with Gasteiger partial charge in [0.05, 0.1) is 10.6 Å². The summed E-state index contributed by atoms with van der Waals surface area (Å²) in [6, 6.07) is 17.6. The van der Waals surface area contributed by atoms with Crippen molar-refractivity contribution >= 4 is 27.3 Å². The maximum Gasteiger partial charge on any atom is 0.422 e. The number of carbonyl (C=O) groups excluding carboxylic acids is 1. The molecule has 0 aliphatic heterocycles. The summed E-state index contributed by atoms with van der Waals surface area (Å²) < 4.78 is 69.9. The first-order chi connectivity index (χ1) is 15.0. The average molecular weight is 464 g/mol. The van der Waals surface area contributed by atoms with E-state index >= 15 is 0 Å². The van der Waals surface area contributed by atoms with Crippen LogP contribution in [0.3, 0.4) is 0 Å². The summed E-state index contributed by atoms with van der Waals surface area (Å²) in [4.78, 5) is 12.5. The number of alkyl halides is 3. The molecule has 0 saturated carbocycles. The van der Waals surface area contributed by atoms with Crippen molar-refractivity contribution in [2.75, 3.05) is 16.6 Å². The molecule has 3 rings (SSSR count). The van der Waals surface area contributed by atoms with Crippen molar-refractivity contribution in [3.63, 3.8) is 0 Å². The van der Waals surface area contributed by atoms with Crippen LogP contribution in [0.1, 0.15) is 15.9 Å². The van der Waals surface area contributed by atoms with Gasteiger partial charge in [-0.15, -0.1) is 0 Å². The molecule has 32 heavy (non-hydrogen) atoms. The first-order valence-electron chi connectivity index (χ1n) is 9.33. The van der Waals surface area contributed by atoms with Crippen LogP contribution in [0, 0.1) is 6.92 Å². The number of rotatable bonds is 7. The number of nitrogens with one attached hydrogen (secondary N) is 2. The highest BCUT2D eigenvalue weighted by molar-refractivity contribution is 7.92. The van der Waals surface area contributed by atoms with E-state index in [0.29, 0.717) is 5.69 Å². The molecule has 0 bridgehead atoms. The number of anilines is 2. The Bertz CT molecular complexity index is 1210. The lowest BCUT2D eigenvalue weighted by Gasteiger charge is -2.14. The van der Waals surface area contributed by atoms with E-state index in [1.807, 2.05) is 6.92 Å². The first kappa shape index (κ1) is 23.1. The van der Waals surface area contributed by atoms with Crippen LogP contribution in [-0.4, -0.2) is 27.1 Å². The largest absolute Gasteiger partial charge is 0.482 e. The van der Waals surface area contributed by atoms with Crippen molar-refractivity contribution in [2.45, 2.75) is 18.0 Å². The molecule has 0 radical (unpaired) electrons. The SMILES string of the molecule is Cc1ccc(NS(=O)(=O)c2cccc(C(=O)Nc3ccccc3OCC(F)(F)F)c2)cc1. The molecule has 0 aromatic heterocycles. The number of carbonyl (C=O) groups is 1. The van der Waals surface area contributed by atoms with Crippen LogP contribution in [-0.2, 0) is 10.0 Å². The van der Waals surface area contributed by atoms with Crippen LogP contribution in [0.4, 0.5) is 24.5 Å². The molecular formula is C22H19F3N2O4S. The second kappa shape index (κ2) is 9.31. The van der Waals surface area contributed by atoms with Gasteiger partial charge in [0.1, 0.15) is 5.75 Å². The lowest BCUT2D eigenvalue weighted by atomic mass is 10.2. The summed E-state index contributed by atoms with van der Waals surface area (Å²) >= 11 is 0. The van der Waals surface area contributed by atoms with Crippen LogP contribution in [0.2, 0.25) is 0 Å². The number of aryl methyl sites for hydroxylation is 1. The average Bonchev–Trinajstić information content (AvgIpc) is 2.74. The van der Waals surface area contributed by atoms with E-state index < -0.39 is 28.7 Å². The van der Waals surface area contributed by atoms with Crippen molar-refractivity contribution in [1.82, 2.24) is 0 Å². The van der Waals surface area contributed by atoms with Gasteiger partial charge in [0.15, 0.2) is 6.61 Å². The number of benzene rings is 3. The smallest absolute Gasteiger partial charge is 0.422 e. The number of hydrogen-bond acceptors (Lipinski definition) is 4. The third-order valence-corrected chi connectivity index (χ3v) is 5.62. The van der Waals surface area contributed by atoms with Gasteiger partial charge in [0.25, 0.3) is 15.9 Å². The molecule has 3 aromatic rings. The summed E-state index contributed by atoms with van der Waals surface area (Å²) in [6.45, 7) is 0.352. The molecule has 0 unspecified atom stereocenters. The Morgan fingerprint density at radius 1 is 0.969 bits per heavy atom. The van der Waals surface area contributed by atoms with Crippen LogP contribution < -0.4 is 14.8 Å². The van der Waals surface area contributed by atoms with Gasteiger partial charge >= 0.3 is 6.18 Å². The molecule has 10 heteroatoms. The molecule has 0 aliphatic carbocycles. The second-order valence-corrected chi connectivity index (χ2v) is 8.54. The molecule has 3 aromatic carbocycles. The lowest BCUT2D eigenvalue weighted by molar-refractivity contribution is -0.153. The van der Waals surface area contributed by atoms with Gasteiger partial charge in [-0.1, -0.05) is 35.9 Å². The van der Waals surface area contributed by atoms with Crippen LogP contribution in [0.5, 0.6) is 5.75 Å². The van der Waals surface area contributed by atoms with E-state index in [1.54, 1.807) is 24.3 Å². The maximum atomic E-state index is 12.7. The van der Waals surface area contributed by atoms with Crippen LogP contribution in [0.15, 0.2) is 77.7 Å². The van der Waals surface area contributed by atoms with E-state index in [-0.39, 0.29) is 21.9 Å². The predicted molar refractivity (Wildman–Crippen MR) is 114 cm³/mol. The van der Waals surface area contributed by atoms with E-state index in [9.17, 15) is 26.4 Å². The minimum atomic E-state index is -4.54. The quantitative estimate of drug-likeness (QED) is 0.516. The van der Waals surface area contributed by atoms with Gasteiger partial charge in [0.2, 0.25) is 0 Å². The summed E-state index contributed by atoms with van der Waals surface area (Å²) in [5, 5.41) is 2.45. The summed E-state index contributed by atoms with van der Waals surface area (Å²) in [5.74, 6) is -0.872. The fraction of sp³-hybridized carbons (Fsp3) is 0.136. The third kappa shape index (κ3) is 6.24. The van der Waals surface area contributed by atoms with Gasteiger partial charge in [-0.3, -0.25) is 9.52 Å². The van der Waals surface area contributed by atoms with E-state index in [2.05, 4.69) is 10.0 Å². The van der Waals surface area contributed by atoms with E-state index in [1.165, 1.54) is 48.5 Å². The second-order valence-electron chi connectivity index (χ2n) is 6.85.